The Hall–Kier alpha value is -4.41. The number of pyridine rings is 1. The molecule has 35 heavy (non-hydrogen) atoms. The van der Waals surface area contributed by atoms with Gasteiger partial charge in [0.2, 0.25) is 5.82 Å². The summed E-state index contributed by atoms with van der Waals surface area (Å²) < 4.78 is 52.4. The molecular weight excluding hydrogens is 467 g/mol. The predicted molar refractivity (Wildman–Crippen MR) is 118 cm³/mol. The molecule has 0 N–H and O–H groups in total. The molecule has 4 rings (SSSR count). The predicted octanol–water partition coefficient (Wildman–Crippen LogP) is 4.61. The minimum atomic E-state index is -4.80. The molecule has 0 saturated carbocycles. The van der Waals surface area contributed by atoms with Crippen molar-refractivity contribution in [2.75, 3.05) is 7.11 Å². The summed E-state index contributed by atoms with van der Waals surface area (Å²) in [5.41, 5.74) is 1.87. The van der Waals surface area contributed by atoms with Crippen molar-refractivity contribution in [1.29, 1.82) is 0 Å². The summed E-state index contributed by atoms with van der Waals surface area (Å²) in [6, 6.07) is 14.9. The van der Waals surface area contributed by atoms with Crippen molar-refractivity contribution >= 4 is 5.97 Å². The van der Waals surface area contributed by atoms with Crippen molar-refractivity contribution in [1.82, 2.24) is 14.7 Å². The molecule has 8 nitrogen and oxygen atoms in total. The topological polar surface area (TPSA) is 96.5 Å². The zero-order valence-corrected chi connectivity index (χ0v) is 18.5. The molecule has 2 aromatic heterocycles. The minimum absolute atomic E-state index is 0.0438. The van der Waals surface area contributed by atoms with Crippen LogP contribution in [0.4, 0.5) is 13.2 Å². The molecule has 2 aromatic carbocycles. The van der Waals surface area contributed by atoms with Crippen LogP contribution in [-0.4, -0.2) is 34.1 Å². The van der Waals surface area contributed by atoms with Crippen LogP contribution >= 0.6 is 0 Å². The second-order valence-electron chi connectivity index (χ2n) is 7.47. The number of methoxy groups -OCH3 is 1. The molecule has 0 amide bonds. The number of aromatic nitrogens is 3. The fourth-order valence-electron chi connectivity index (χ4n) is 3.38. The van der Waals surface area contributed by atoms with Crippen LogP contribution in [0, 0.1) is 6.92 Å². The fraction of sp³-hybridized carbons (Fsp3) is 0.167. The summed E-state index contributed by atoms with van der Waals surface area (Å²) in [6.07, 6.45) is -4.80. The highest BCUT2D eigenvalue weighted by molar-refractivity contribution is 5.89. The van der Waals surface area contributed by atoms with Crippen LogP contribution in [0.3, 0.4) is 0 Å². The first kappa shape index (κ1) is 23.7. The third-order valence-corrected chi connectivity index (χ3v) is 5.08. The highest BCUT2D eigenvalue weighted by Gasteiger charge is 2.31. The van der Waals surface area contributed by atoms with Crippen LogP contribution in [-0.2, 0) is 11.3 Å². The van der Waals surface area contributed by atoms with E-state index in [1.807, 2.05) is 0 Å². The van der Waals surface area contributed by atoms with Crippen LogP contribution < -0.4 is 10.3 Å². The summed E-state index contributed by atoms with van der Waals surface area (Å²) in [7, 11) is 1.29. The third-order valence-electron chi connectivity index (χ3n) is 5.08. The Morgan fingerprint density at radius 2 is 1.83 bits per heavy atom. The second-order valence-corrected chi connectivity index (χ2v) is 7.47. The molecular formula is C24H18F3N3O5. The molecule has 2 heterocycles. The van der Waals surface area contributed by atoms with Crippen LogP contribution in [0.5, 0.6) is 5.75 Å². The van der Waals surface area contributed by atoms with Gasteiger partial charge in [-0.05, 0) is 61.0 Å². The van der Waals surface area contributed by atoms with Gasteiger partial charge in [0, 0.05) is 11.3 Å². The number of carbonyl (C=O) groups excluding carboxylic acids is 1. The standard InChI is InChI=1S/C24H18F3N3O5/c1-14-6-11-19(22(31)30(14)13-15-4-3-5-17(12-15)23(32)33-2)21-28-20(29-35-21)16-7-9-18(10-8-16)34-24(25,26)27/h3-12H,13H2,1-2H3. The van der Waals surface area contributed by atoms with Crippen molar-refractivity contribution in [3.63, 3.8) is 0 Å². The number of alkyl halides is 3. The molecule has 0 aliphatic rings. The summed E-state index contributed by atoms with van der Waals surface area (Å²) in [6.45, 7) is 1.95. The van der Waals surface area contributed by atoms with Crippen molar-refractivity contribution in [2.45, 2.75) is 19.8 Å². The van der Waals surface area contributed by atoms with Crippen molar-refractivity contribution in [2.24, 2.45) is 0 Å². The van der Waals surface area contributed by atoms with Crippen molar-refractivity contribution in [3.05, 3.63) is 87.8 Å². The van der Waals surface area contributed by atoms with E-state index in [2.05, 4.69) is 14.9 Å². The van der Waals surface area contributed by atoms with E-state index in [0.717, 1.165) is 12.1 Å². The number of ether oxygens (including phenoxy) is 2. The van der Waals surface area contributed by atoms with Crippen molar-refractivity contribution in [3.8, 4) is 28.6 Å². The number of nitrogens with zero attached hydrogens (tertiary/aromatic N) is 3. The Morgan fingerprint density at radius 3 is 2.51 bits per heavy atom. The Bertz CT molecular complexity index is 1430. The zero-order chi connectivity index (χ0) is 25.2. The number of rotatable bonds is 6. The number of carbonyl (C=O) groups is 1. The lowest BCUT2D eigenvalue weighted by Gasteiger charge is -2.11. The molecule has 0 fully saturated rings. The molecule has 4 aromatic rings. The molecule has 11 heteroatoms. The minimum Gasteiger partial charge on any atom is -0.465 e. The van der Waals surface area contributed by atoms with Gasteiger partial charge in [-0.2, -0.15) is 4.98 Å². The van der Waals surface area contributed by atoms with Gasteiger partial charge in [0.25, 0.3) is 11.4 Å². The quantitative estimate of drug-likeness (QED) is 0.368. The molecule has 0 aliphatic heterocycles. The van der Waals surface area contributed by atoms with Gasteiger partial charge in [-0.25, -0.2) is 4.79 Å². The van der Waals surface area contributed by atoms with E-state index in [0.29, 0.717) is 22.4 Å². The molecule has 0 saturated heterocycles. The molecule has 180 valence electrons. The van der Waals surface area contributed by atoms with Gasteiger partial charge < -0.3 is 18.6 Å². The van der Waals surface area contributed by atoms with Crippen LogP contribution in [0.2, 0.25) is 0 Å². The third kappa shape index (κ3) is 5.40. The number of hydrogen-bond donors (Lipinski definition) is 0. The highest BCUT2D eigenvalue weighted by Crippen LogP contribution is 2.26. The summed E-state index contributed by atoms with van der Waals surface area (Å²) >= 11 is 0. The molecule has 0 atom stereocenters. The first-order valence-corrected chi connectivity index (χ1v) is 10.2. The molecule has 0 spiro atoms. The highest BCUT2D eigenvalue weighted by atomic mass is 19.4. The average molecular weight is 485 g/mol. The number of hydrogen-bond acceptors (Lipinski definition) is 7. The van der Waals surface area contributed by atoms with E-state index >= 15 is 0 Å². The molecule has 0 aliphatic carbocycles. The summed E-state index contributed by atoms with van der Waals surface area (Å²) in [4.78, 5) is 29.3. The summed E-state index contributed by atoms with van der Waals surface area (Å²) in [5.74, 6) is -0.822. The van der Waals surface area contributed by atoms with Gasteiger partial charge in [-0.1, -0.05) is 17.3 Å². The Balaban J connectivity index is 1.61. The Kier molecular flexibility index (Phi) is 6.41. The average Bonchev–Trinajstić information content (AvgIpc) is 3.31. The maximum atomic E-state index is 13.2. The van der Waals surface area contributed by atoms with Crippen LogP contribution in [0.25, 0.3) is 22.8 Å². The monoisotopic (exact) mass is 485 g/mol. The summed E-state index contributed by atoms with van der Waals surface area (Å²) in [5, 5.41) is 3.84. The van der Waals surface area contributed by atoms with Crippen LogP contribution in [0.1, 0.15) is 21.6 Å². The van der Waals surface area contributed by atoms with E-state index in [1.54, 1.807) is 43.3 Å². The lowest BCUT2D eigenvalue weighted by atomic mass is 10.1. The number of halogens is 3. The normalized spacial score (nSPS) is 11.3. The fourth-order valence-corrected chi connectivity index (χ4v) is 3.38. The van der Waals surface area contributed by atoms with Crippen LogP contribution in [0.15, 0.2) is 70.0 Å². The second kappa shape index (κ2) is 9.45. The van der Waals surface area contributed by atoms with E-state index in [1.165, 1.54) is 23.8 Å². The van der Waals surface area contributed by atoms with Gasteiger partial charge in [0.15, 0.2) is 0 Å². The van der Waals surface area contributed by atoms with E-state index in [-0.39, 0.29) is 29.6 Å². The lowest BCUT2D eigenvalue weighted by molar-refractivity contribution is -0.274. The van der Waals surface area contributed by atoms with Gasteiger partial charge >= 0.3 is 12.3 Å². The largest absolute Gasteiger partial charge is 0.573 e. The number of esters is 1. The number of aryl methyl sites for hydroxylation is 1. The number of benzene rings is 2. The molecule has 0 radical (unpaired) electrons. The van der Waals surface area contributed by atoms with E-state index < -0.39 is 17.9 Å². The van der Waals surface area contributed by atoms with E-state index in [9.17, 15) is 22.8 Å². The van der Waals surface area contributed by atoms with Gasteiger partial charge in [0.1, 0.15) is 11.3 Å². The maximum Gasteiger partial charge on any atom is 0.573 e. The maximum absolute atomic E-state index is 13.2. The van der Waals surface area contributed by atoms with Gasteiger partial charge in [-0.15, -0.1) is 13.2 Å². The van der Waals surface area contributed by atoms with Gasteiger partial charge in [0.05, 0.1) is 19.2 Å². The van der Waals surface area contributed by atoms with Crippen molar-refractivity contribution < 1.29 is 32.0 Å². The first-order chi connectivity index (χ1) is 16.6. The van der Waals surface area contributed by atoms with E-state index in [4.69, 9.17) is 9.26 Å². The SMILES string of the molecule is COC(=O)c1cccc(Cn2c(C)ccc(-c3nc(-c4ccc(OC(F)(F)F)cc4)no3)c2=O)c1. The zero-order valence-electron chi connectivity index (χ0n) is 18.5. The molecule has 0 unspecified atom stereocenters. The smallest absolute Gasteiger partial charge is 0.465 e. The van der Waals surface area contributed by atoms with Gasteiger partial charge in [-0.3, -0.25) is 4.79 Å². The Labute approximate surface area is 196 Å². The lowest BCUT2D eigenvalue weighted by Crippen LogP contribution is -2.24. The molecule has 0 bridgehead atoms. The Morgan fingerprint density at radius 1 is 1.09 bits per heavy atom. The first-order valence-electron chi connectivity index (χ1n) is 10.2.